The van der Waals surface area contributed by atoms with Crippen molar-refractivity contribution in [3.05, 3.63) is 0 Å². The van der Waals surface area contributed by atoms with Crippen LogP contribution in [0.15, 0.2) is 0 Å². The lowest BCUT2D eigenvalue weighted by molar-refractivity contribution is 0.229. The Morgan fingerprint density at radius 2 is 1.69 bits per heavy atom. The Morgan fingerprint density at radius 1 is 1.15 bits per heavy atom. The standard InChI is InChI=1S/C12H23Cl/c1-4-5-10-6-8-11(9-7-10)12(2,3)13/h10-11H,4-9H2,1-3H3. The van der Waals surface area contributed by atoms with Gasteiger partial charge in [0, 0.05) is 4.87 Å². The third kappa shape index (κ3) is 3.50. The van der Waals surface area contributed by atoms with E-state index in [0.717, 1.165) is 11.8 Å². The molecular weight excluding hydrogens is 180 g/mol. The average molecular weight is 203 g/mol. The lowest BCUT2D eigenvalue weighted by atomic mass is 9.75. The summed E-state index contributed by atoms with van der Waals surface area (Å²) in [7, 11) is 0. The van der Waals surface area contributed by atoms with Crippen LogP contribution in [0.25, 0.3) is 0 Å². The zero-order valence-corrected chi connectivity index (χ0v) is 10.0. The van der Waals surface area contributed by atoms with Crippen LogP contribution in [0.5, 0.6) is 0 Å². The predicted octanol–water partition coefficient (Wildman–Crippen LogP) is 4.61. The van der Waals surface area contributed by atoms with E-state index in [2.05, 4.69) is 20.8 Å². The molecule has 0 heterocycles. The highest BCUT2D eigenvalue weighted by Crippen LogP contribution is 2.39. The second-order valence-electron chi connectivity index (χ2n) is 5.07. The largest absolute Gasteiger partial charge is 0.120 e. The summed E-state index contributed by atoms with van der Waals surface area (Å²) in [6, 6.07) is 0. The first-order chi connectivity index (χ1) is 6.04. The molecule has 0 aliphatic heterocycles. The molecule has 0 radical (unpaired) electrons. The van der Waals surface area contributed by atoms with Gasteiger partial charge in [0.15, 0.2) is 0 Å². The second kappa shape index (κ2) is 4.68. The molecule has 0 amide bonds. The van der Waals surface area contributed by atoms with Crippen molar-refractivity contribution in [1.82, 2.24) is 0 Å². The maximum Gasteiger partial charge on any atom is 0.0418 e. The zero-order valence-electron chi connectivity index (χ0n) is 9.28. The minimum atomic E-state index is 0.0250. The van der Waals surface area contributed by atoms with Gasteiger partial charge in [-0.1, -0.05) is 32.6 Å². The van der Waals surface area contributed by atoms with Crippen LogP contribution in [0, 0.1) is 11.8 Å². The molecule has 78 valence electrons. The van der Waals surface area contributed by atoms with Gasteiger partial charge in [0.1, 0.15) is 0 Å². The van der Waals surface area contributed by atoms with Crippen molar-refractivity contribution in [2.75, 3.05) is 0 Å². The van der Waals surface area contributed by atoms with Crippen LogP contribution in [0.1, 0.15) is 59.3 Å². The summed E-state index contributed by atoms with van der Waals surface area (Å²) in [6.45, 7) is 6.62. The van der Waals surface area contributed by atoms with Gasteiger partial charge in [0.05, 0.1) is 0 Å². The van der Waals surface area contributed by atoms with Crippen molar-refractivity contribution >= 4 is 11.6 Å². The Bertz CT molecular complexity index is 138. The third-order valence-corrected chi connectivity index (χ3v) is 3.82. The van der Waals surface area contributed by atoms with E-state index >= 15 is 0 Å². The molecule has 0 nitrogen and oxygen atoms in total. The first kappa shape index (κ1) is 11.4. The van der Waals surface area contributed by atoms with Crippen molar-refractivity contribution in [2.45, 2.75) is 64.2 Å². The third-order valence-electron chi connectivity index (χ3n) is 3.51. The number of halogens is 1. The van der Waals surface area contributed by atoms with Crippen molar-refractivity contribution < 1.29 is 0 Å². The SMILES string of the molecule is CCCC1CCC(C(C)(C)Cl)CC1. The smallest absolute Gasteiger partial charge is 0.0418 e. The molecule has 1 heteroatoms. The highest BCUT2D eigenvalue weighted by Gasteiger charge is 2.30. The maximum atomic E-state index is 6.34. The van der Waals surface area contributed by atoms with Crippen molar-refractivity contribution in [3.63, 3.8) is 0 Å². The number of rotatable bonds is 3. The van der Waals surface area contributed by atoms with Crippen LogP contribution in [-0.4, -0.2) is 4.87 Å². The molecule has 0 bridgehead atoms. The molecule has 1 fully saturated rings. The fraction of sp³-hybridized carbons (Fsp3) is 1.00. The normalized spacial score (nSPS) is 30.5. The van der Waals surface area contributed by atoms with Crippen molar-refractivity contribution in [3.8, 4) is 0 Å². The summed E-state index contributed by atoms with van der Waals surface area (Å²) in [5.74, 6) is 1.75. The van der Waals surface area contributed by atoms with E-state index in [1.807, 2.05) is 0 Å². The number of hydrogen-bond donors (Lipinski definition) is 0. The summed E-state index contributed by atoms with van der Waals surface area (Å²) in [5, 5.41) is 0. The van der Waals surface area contributed by atoms with Crippen molar-refractivity contribution in [2.24, 2.45) is 11.8 Å². The van der Waals surface area contributed by atoms with Crippen LogP contribution in [-0.2, 0) is 0 Å². The minimum Gasteiger partial charge on any atom is -0.120 e. The Morgan fingerprint density at radius 3 is 2.08 bits per heavy atom. The van der Waals surface area contributed by atoms with Gasteiger partial charge in [0.25, 0.3) is 0 Å². The topological polar surface area (TPSA) is 0 Å². The molecule has 0 spiro atoms. The van der Waals surface area contributed by atoms with Crippen LogP contribution >= 0.6 is 11.6 Å². The molecule has 0 aromatic carbocycles. The van der Waals surface area contributed by atoms with Gasteiger partial charge in [-0.05, 0) is 38.5 Å². The van der Waals surface area contributed by atoms with Gasteiger partial charge in [-0.3, -0.25) is 0 Å². The fourth-order valence-electron chi connectivity index (χ4n) is 2.55. The lowest BCUT2D eigenvalue weighted by Crippen LogP contribution is -2.29. The van der Waals surface area contributed by atoms with Gasteiger partial charge in [-0.15, -0.1) is 11.6 Å². The van der Waals surface area contributed by atoms with Gasteiger partial charge in [-0.2, -0.15) is 0 Å². The lowest BCUT2D eigenvalue weighted by Gasteiger charge is -2.35. The van der Waals surface area contributed by atoms with Gasteiger partial charge >= 0.3 is 0 Å². The predicted molar refractivity (Wildman–Crippen MR) is 60.3 cm³/mol. The Labute approximate surface area is 88.1 Å². The van der Waals surface area contributed by atoms with E-state index in [9.17, 15) is 0 Å². The summed E-state index contributed by atoms with van der Waals surface area (Å²) in [6.07, 6.45) is 8.29. The first-order valence-electron chi connectivity index (χ1n) is 5.73. The summed E-state index contributed by atoms with van der Waals surface area (Å²) in [4.78, 5) is 0.0250. The molecule has 1 saturated carbocycles. The highest BCUT2D eigenvalue weighted by atomic mass is 35.5. The maximum absolute atomic E-state index is 6.34. The fourth-order valence-corrected chi connectivity index (χ4v) is 2.76. The molecule has 0 N–H and O–H groups in total. The second-order valence-corrected chi connectivity index (χ2v) is 6.04. The van der Waals surface area contributed by atoms with Gasteiger partial charge in [0.2, 0.25) is 0 Å². The molecule has 0 atom stereocenters. The Balaban J connectivity index is 2.30. The van der Waals surface area contributed by atoms with Crippen LogP contribution in [0.2, 0.25) is 0 Å². The monoisotopic (exact) mass is 202 g/mol. The highest BCUT2D eigenvalue weighted by molar-refractivity contribution is 6.23. The number of alkyl halides is 1. The molecule has 1 rings (SSSR count). The van der Waals surface area contributed by atoms with E-state index in [4.69, 9.17) is 11.6 Å². The zero-order chi connectivity index (χ0) is 9.90. The quantitative estimate of drug-likeness (QED) is 0.587. The molecular formula is C12H23Cl. The summed E-state index contributed by atoms with van der Waals surface area (Å²) < 4.78 is 0. The molecule has 1 aliphatic rings. The average Bonchev–Trinajstić information content (AvgIpc) is 2.04. The first-order valence-corrected chi connectivity index (χ1v) is 6.10. The van der Waals surface area contributed by atoms with Crippen LogP contribution in [0.3, 0.4) is 0 Å². The van der Waals surface area contributed by atoms with Gasteiger partial charge in [-0.25, -0.2) is 0 Å². The molecule has 0 unspecified atom stereocenters. The molecule has 0 aromatic rings. The van der Waals surface area contributed by atoms with E-state index in [-0.39, 0.29) is 4.87 Å². The van der Waals surface area contributed by atoms with E-state index < -0.39 is 0 Å². The number of hydrogen-bond acceptors (Lipinski definition) is 0. The molecule has 0 aromatic heterocycles. The van der Waals surface area contributed by atoms with E-state index in [0.29, 0.717) is 0 Å². The Hall–Kier alpha value is 0.290. The Kier molecular flexibility index (Phi) is 4.09. The molecule has 1 aliphatic carbocycles. The summed E-state index contributed by atoms with van der Waals surface area (Å²) >= 11 is 6.34. The molecule has 13 heavy (non-hydrogen) atoms. The molecule has 0 saturated heterocycles. The summed E-state index contributed by atoms with van der Waals surface area (Å²) in [5.41, 5.74) is 0. The van der Waals surface area contributed by atoms with Crippen LogP contribution < -0.4 is 0 Å². The minimum absolute atomic E-state index is 0.0250. The van der Waals surface area contributed by atoms with Gasteiger partial charge < -0.3 is 0 Å². The van der Waals surface area contributed by atoms with E-state index in [1.165, 1.54) is 38.5 Å². The van der Waals surface area contributed by atoms with E-state index in [1.54, 1.807) is 0 Å². The van der Waals surface area contributed by atoms with Crippen LogP contribution in [0.4, 0.5) is 0 Å². The van der Waals surface area contributed by atoms with Crippen molar-refractivity contribution in [1.29, 1.82) is 0 Å².